The first-order valence-electron chi connectivity index (χ1n) is 8.97. The van der Waals surface area contributed by atoms with Crippen molar-refractivity contribution in [3.8, 4) is 0 Å². The van der Waals surface area contributed by atoms with E-state index in [0.29, 0.717) is 5.69 Å². The van der Waals surface area contributed by atoms with Crippen molar-refractivity contribution in [3.63, 3.8) is 0 Å². The SMILES string of the molecule is NC(=O)CN(c1ccc(Cl)cc1Cc1c(F)cccc1F)S(=O)(=O)c1ccc(N)cc1. The van der Waals surface area contributed by atoms with Crippen LogP contribution in [0.1, 0.15) is 11.1 Å². The van der Waals surface area contributed by atoms with E-state index in [-0.39, 0.29) is 33.2 Å². The van der Waals surface area contributed by atoms with E-state index in [0.717, 1.165) is 16.4 Å². The van der Waals surface area contributed by atoms with Crippen molar-refractivity contribution in [1.29, 1.82) is 0 Å². The molecule has 0 aromatic heterocycles. The highest BCUT2D eigenvalue weighted by molar-refractivity contribution is 7.92. The van der Waals surface area contributed by atoms with Crippen molar-refractivity contribution in [2.45, 2.75) is 11.3 Å². The van der Waals surface area contributed by atoms with Crippen LogP contribution in [0.15, 0.2) is 65.6 Å². The number of benzene rings is 3. The summed E-state index contributed by atoms with van der Waals surface area (Å²) in [7, 11) is -4.27. The second-order valence-electron chi connectivity index (χ2n) is 6.70. The highest BCUT2D eigenvalue weighted by Crippen LogP contribution is 2.32. The number of halogens is 3. The molecule has 0 saturated heterocycles. The van der Waals surface area contributed by atoms with E-state index in [2.05, 4.69) is 0 Å². The summed E-state index contributed by atoms with van der Waals surface area (Å²) >= 11 is 6.06. The van der Waals surface area contributed by atoms with Gasteiger partial charge in [-0.15, -0.1) is 0 Å². The number of amides is 1. The Morgan fingerprint density at radius 1 is 1.00 bits per heavy atom. The van der Waals surface area contributed by atoms with Gasteiger partial charge in [-0.05, 0) is 60.2 Å². The maximum Gasteiger partial charge on any atom is 0.264 e. The summed E-state index contributed by atoms with van der Waals surface area (Å²) in [4.78, 5) is 11.6. The van der Waals surface area contributed by atoms with Crippen LogP contribution in [0, 0.1) is 11.6 Å². The van der Waals surface area contributed by atoms with Crippen LogP contribution in [0.5, 0.6) is 0 Å². The van der Waals surface area contributed by atoms with Crippen LogP contribution in [0.3, 0.4) is 0 Å². The summed E-state index contributed by atoms with van der Waals surface area (Å²) in [6, 6.07) is 12.9. The Labute approximate surface area is 183 Å². The largest absolute Gasteiger partial charge is 0.399 e. The Balaban J connectivity index is 2.16. The van der Waals surface area contributed by atoms with Gasteiger partial charge in [0, 0.05) is 22.7 Å². The molecule has 0 fully saturated rings. The van der Waals surface area contributed by atoms with Gasteiger partial charge in [0.15, 0.2) is 0 Å². The molecule has 3 aromatic carbocycles. The zero-order chi connectivity index (χ0) is 22.8. The lowest BCUT2D eigenvalue weighted by Crippen LogP contribution is -2.39. The van der Waals surface area contributed by atoms with Crippen LogP contribution in [0.2, 0.25) is 5.02 Å². The normalized spacial score (nSPS) is 11.3. The molecule has 0 saturated carbocycles. The molecule has 0 aliphatic rings. The molecule has 0 aliphatic heterocycles. The van der Waals surface area contributed by atoms with Crippen molar-refractivity contribution >= 4 is 38.9 Å². The van der Waals surface area contributed by atoms with Crippen LogP contribution in [-0.4, -0.2) is 20.9 Å². The molecule has 0 bridgehead atoms. The van der Waals surface area contributed by atoms with Crippen molar-refractivity contribution in [1.82, 2.24) is 0 Å². The van der Waals surface area contributed by atoms with Gasteiger partial charge in [0.1, 0.15) is 18.2 Å². The molecule has 6 nitrogen and oxygen atoms in total. The number of hydrogen-bond acceptors (Lipinski definition) is 4. The molecule has 31 heavy (non-hydrogen) atoms. The highest BCUT2D eigenvalue weighted by Gasteiger charge is 2.29. The number of anilines is 2. The molecular formula is C21H18ClF2N3O3S. The van der Waals surface area contributed by atoms with E-state index < -0.39 is 34.1 Å². The molecule has 162 valence electrons. The molecule has 4 N–H and O–H groups in total. The number of carbonyl (C=O) groups is 1. The third-order valence-electron chi connectivity index (χ3n) is 4.51. The van der Waals surface area contributed by atoms with Crippen LogP contribution in [-0.2, 0) is 21.2 Å². The van der Waals surface area contributed by atoms with Crippen LogP contribution >= 0.6 is 11.6 Å². The van der Waals surface area contributed by atoms with Gasteiger partial charge < -0.3 is 11.5 Å². The summed E-state index contributed by atoms with van der Waals surface area (Å²) in [6.07, 6.45) is -0.305. The Kier molecular flexibility index (Phi) is 6.47. The minimum atomic E-state index is -4.27. The van der Waals surface area contributed by atoms with Gasteiger partial charge >= 0.3 is 0 Å². The zero-order valence-corrected chi connectivity index (χ0v) is 17.6. The summed E-state index contributed by atoms with van der Waals surface area (Å²) in [5.41, 5.74) is 11.2. The molecule has 0 unspecified atom stereocenters. The molecule has 0 spiro atoms. The number of rotatable bonds is 7. The van der Waals surface area contributed by atoms with Gasteiger partial charge in [-0.1, -0.05) is 17.7 Å². The van der Waals surface area contributed by atoms with Gasteiger partial charge in [0.05, 0.1) is 10.6 Å². The number of primary amides is 1. The fourth-order valence-electron chi connectivity index (χ4n) is 3.04. The molecule has 3 rings (SSSR count). The standard InChI is InChI=1S/C21H18ClF2N3O3S/c22-14-4-9-20(13(10-14)11-17-18(23)2-1-3-19(17)24)27(12-21(26)28)31(29,30)16-7-5-15(25)6-8-16/h1-10H,11-12,25H2,(H2,26,28). The lowest BCUT2D eigenvalue weighted by Gasteiger charge is -2.26. The van der Waals surface area contributed by atoms with Crippen molar-refractivity contribution < 1.29 is 22.0 Å². The summed E-state index contributed by atoms with van der Waals surface area (Å²) in [5, 5.41) is 0.222. The zero-order valence-electron chi connectivity index (χ0n) is 16.1. The number of nitrogens with two attached hydrogens (primary N) is 2. The fraction of sp³-hybridized carbons (Fsp3) is 0.0952. The van der Waals surface area contributed by atoms with Crippen LogP contribution in [0.4, 0.5) is 20.2 Å². The Hall–Kier alpha value is -3.17. The number of nitrogen functional groups attached to an aromatic ring is 1. The van der Waals surface area contributed by atoms with Gasteiger partial charge in [0.25, 0.3) is 10.0 Å². The van der Waals surface area contributed by atoms with Crippen LogP contribution < -0.4 is 15.8 Å². The van der Waals surface area contributed by atoms with Gasteiger partial charge in [0.2, 0.25) is 5.91 Å². The lowest BCUT2D eigenvalue weighted by molar-refractivity contribution is -0.116. The van der Waals surface area contributed by atoms with Crippen molar-refractivity contribution in [3.05, 3.63) is 88.4 Å². The van der Waals surface area contributed by atoms with Gasteiger partial charge in [-0.2, -0.15) is 0 Å². The predicted molar refractivity (Wildman–Crippen MR) is 115 cm³/mol. The Morgan fingerprint density at radius 2 is 1.61 bits per heavy atom. The van der Waals surface area contributed by atoms with E-state index in [4.69, 9.17) is 23.1 Å². The van der Waals surface area contributed by atoms with Crippen molar-refractivity contribution in [2.75, 3.05) is 16.6 Å². The average Bonchev–Trinajstić information content (AvgIpc) is 2.70. The molecule has 3 aromatic rings. The monoisotopic (exact) mass is 465 g/mol. The van der Waals surface area contributed by atoms with E-state index >= 15 is 0 Å². The number of hydrogen-bond donors (Lipinski definition) is 2. The molecule has 0 aliphatic carbocycles. The maximum atomic E-state index is 14.2. The predicted octanol–water partition coefficient (Wildman–Crippen LogP) is 3.47. The number of nitrogens with zero attached hydrogens (tertiary/aromatic N) is 1. The second kappa shape index (κ2) is 8.91. The van der Waals surface area contributed by atoms with E-state index in [1.165, 1.54) is 48.5 Å². The smallest absolute Gasteiger partial charge is 0.264 e. The quantitative estimate of drug-likeness (QED) is 0.521. The van der Waals surface area contributed by atoms with Crippen LogP contribution in [0.25, 0.3) is 0 Å². The fourth-order valence-corrected chi connectivity index (χ4v) is 4.70. The van der Waals surface area contributed by atoms with E-state index in [1.807, 2.05) is 0 Å². The first-order valence-corrected chi connectivity index (χ1v) is 10.8. The molecule has 1 amide bonds. The Bertz CT molecular complexity index is 1210. The second-order valence-corrected chi connectivity index (χ2v) is 9.00. The minimum absolute atomic E-state index is 0.0164. The lowest BCUT2D eigenvalue weighted by atomic mass is 10.0. The average molecular weight is 466 g/mol. The van der Waals surface area contributed by atoms with E-state index in [1.54, 1.807) is 0 Å². The molecule has 0 heterocycles. The topological polar surface area (TPSA) is 106 Å². The van der Waals surface area contributed by atoms with Gasteiger partial charge in [-0.3, -0.25) is 9.10 Å². The third kappa shape index (κ3) is 4.95. The minimum Gasteiger partial charge on any atom is -0.399 e. The first-order chi connectivity index (χ1) is 14.6. The number of sulfonamides is 1. The summed E-state index contributed by atoms with van der Waals surface area (Å²) < 4.78 is 55.8. The maximum absolute atomic E-state index is 14.2. The number of carbonyl (C=O) groups excluding carboxylic acids is 1. The molecule has 0 radical (unpaired) electrons. The summed E-state index contributed by atoms with van der Waals surface area (Å²) in [6.45, 7) is -0.693. The molecule has 10 heteroatoms. The van der Waals surface area contributed by atoms with Crippen molar-refractivity contribution in [2.24, 2.45) is 5.73 Å². The Morgan fingerprint density at radius 3 is 2.19 bits per heavy atom. The first kappa shape index (κ1) is 22.5. The molecular weight excluding hydrogens is 448 g/mol. The van der Waals surface area contributed by atoms with Gasteiger partial charge in [-0.25, -0.2) is 17.2 Å². The third-order valence-corrected chi connectivity index (χ3v) is 6.52. The summed E-state index contributed by atoms with van der Waals surface area (Å²) in [5.74, 6) is -2.51. The van der Waals surface area contributed by atoms with E-state index in [9.17, 15) is 22.0 Å². The molecule has 0 atom stereocenters. The highest BCUT2D eigenvalue weighted by atomic mass is 35.5.